The van der Waals surface area contributed by atoms with E-state index < -0.39 is 6.04 Å². The third-order valence-corrected chi connectivity index (χ3v) is 6.57. The lowest BCUT2D eigenvalue weighted by atomic mass is 9.96. The summed E-state index contributed by atoms with van der Waals surface area (Å²) < 4.78 is 3.33. The fourth-order valence-corrected chi connectivity index (χ4v) is 4.71. The number of carbonyl (C=O) groups is 1. The number of nitrogens with two attached hydrogens (primary N) is 1. The van der Waals surface area contributed by atoms with Crippen molar-refractivity contribution in [3.05, 3.63) is 114 Å². The van der Waals surface area contributed by atoms with Crippen LogP contribution in [0.5, 0.6) is 0 Å². The van der Waals surface area contributed by atoms with Crippen molar-refractivity contribution in [3.63, 3.8) is 0 Å². The first-order chi connectivity index (χ1) is 19.0. The Morgan fingerprint density at radius 3 is 2.64 bits per heavy atom. The van der Waals surface area contributed by atoms with Crippen molar-refractivity contribution in [1.82, 2.24) is 29.7 Å². The van der Waals surface area contributed by atoms with Gasteiger partial charge >= 0.3 is 0 Å². The summed E-state index contributed by atoms with van der Waals surface area (Å²) in [5, 5.41) is 12.5. The van der Waals surface area contributed by atoms with Crippen LogP contribution in [0.4, 0.5) is 5.82 Å². The van der Waals surface area contributed by atoms with Crippen molar-refractivity contribution in [1.29, 1.82) is 0 Å². The van der Waals surface area contributed by atoms with Crippen LogP contribution in [0.15, 0.2) is 91.4 Å². The first-order valence-electron chi connectivity index (χ1n) is 12.5. The van der Waals surface area contributed by atoms with Gasteiger partial charge in [0.1, 0.15) is 5.56 Å². The molecule has 0 fully saturated rings. The summed E-state index contributed by atoms with van der Waals surface area (Å²) in [5.41, 5.74) is 12.3. The molecule has 8 nitrogen and oxygen atoms in total. The van der Waals surface area contributed by atoms with Gasteiger partial charge in [0.25, 0.3) is 5.91 Å². The predicted molar refractivity (Wildman–Crippen MR) is 152 cm³/mol. The van der Waals surface area contributed by atoms with Gasteiger partial charge in [-0.15, -0.1) is 5.10 Å². The number of benzene rings is 2. The lowest BCUT2D eigenvalue weighted by Gasteiger charge is -2.19. The van der Waals surface area contributed by atoms with Crippen LogP contribution in [-0.4, -0.2) is 30.3 Å². The number of nitrogens with one attached hydrogen (secondary N) is 1. The van der Waals surface area contributed by atoms with Gasteiger partial charge in [0.05, 0.1) is 34.5 Å². The summed E-state index contributed by atoms with van der Waals surface area (Å²) >= 11 is 0. The molecule has 0 unspecified atom stereocenters. The topological polar surface area (TPSA) is 103 Å². The van der Waals surface area contributed by atoms with E-state index in [1.165, 1.54) is 0 Å². The average Bonchev–Trinajstić information content (AvgIpc) is 3.52. The minimum Gasteiger partial charge on any atom is -0.382 e. The first kappa shape index (κ1) is 23.9. The molecule has 2 aromatic carbocycles. The molecule has 0 aliphatic carbocycles. The summed E-state index contributed by atoms with van der Waals surface area (Å²) in [4.78, 5) is 18.5. The van der Waals surface area contributed by atoms with E-state index in [9.17, 15) is 4.79 Å². The summed E-state index contributed by atoms with van der Waals surface area (Å²) in [6, 6.07) is 23.1. The zero-order chi connectivity index (χ0) is 26.9. The number of nitrogen functional groups attached to an aromatic ring is 1. The molecule has 6 aromatic rings. The van der Waals surface area contributed by atoms with Crippen molar-refractivity contribution >= 4 is 28.1 Å². The number of anilines is 1. The number of carbonyl (C=O) groups excluding carboxylic acids is 1. The van der Waals surface area contributed by atoms with E-state index in [0.717, 1.165) is 38.9 Å². The van der Waals surface area contributed by atoms with E-state index in [0.29, 0.717) is 11.1 Å². The van der Waals surface area contributed by atoms with Gasteiger partial charge < -0.3 is 11.1 Å². The molecule has 0 aliphatic heterocycles. The smallest absolute Gasteiger partial charge is 0.257 e. The molecule has 3 N–H and O–H groups in total. The van der Waals surface area contributed by atoms with E-state index in [2.05, 4.69) is 33.4 Å². The van der Waals surface area contributed by atoms with Crippen molar-refractivity contribution < 1.29 is 4.79 Å². The Kier molecular flexibility index (Phi) is 6.02. The molecule has 4 aromatic heterocycles. The van der Waals surface area contributed by atoms with Crippen LogP contribution in [0.2, 0.25) is 0 Å². The van der Waals surface area contributed by atoms with Crippen LogP contribution in [0.25, 0.3) is 27.5 Å². The zero-order valence-electron chi connectivity index (χ0n) is 21.5. The van der Waals surface area contributed by atoms with Crippen molar-refractivity contribution in [2.24, 2.45) is 7.05 Å². The van der Waals surface area contributed by atoms with Gasteiger partial charge in [0.15, 0.2) is 5.82 Å². The maximum atomic E-state index is 13.4. The third kappa shape index (κ3) is 4.58. The molecular formula is C31H25N7O. The molecule has 6 rings (SSSR count). The molecule has 0 saturated carbocycles. The second-order valence-electron chi connectivity index (χ2n) is 9.30. The molecule has 4 heterocycles. The minimum atomic E-state index is -0.416. The lowest BCUT2D eigenvalue weighted by molar-refractivity contribution is 0.0942. The summed E-state index contributed by atoms with van der Waals surface area (Å²) in [6.45, 7) is 1.92. The number of hydrogen-bond donors (Lipinski definition) is 2. The predicted octanol–water partition coefficient (Wildman–Crippen LogP) is 4.76. The molecule has 8 heteroatoms. The van der Waals surface area contributed by atoms with Gasteiger partial charge in [-0.3, -0.25) is 9.48 Å². The Labute approximate surface area is 225 Å². The molecular weight excluding hydrogens is 486 g/mol. The normalized spacial score (nSPS) is 11.7. The number of aryl methyl sites for hydroxylation is 1. The number of nitrogens with zero attached hydrogens (tertiary/aromatic N) is 5. The lowest BCUT2D eigenvalue weighted by Crippen LogP contribution is -2.28. The van der Waals surface area contributed by atoms with E-state index in [1.54, 1.807) is 21.6 Å². The van der Waals surface area contributed by atoms with Crippen LogP contribution >= 0.6 is 0 Å². The quantitative estimate of drug-likeness (QED) is 0.332. The van der Waals surface area contributed by atoms with Gasteiger partial charge in [-0.2, -0.15) is 5.10 Å². The van der Waals surface area contributed by atoms with Crippen LogP contribution in [0, 0.1) is 11.8 Å². The first-order valence-corrected chi connectivity index (χ1v) is 12.5. The molecule has 190 valence electrons. The number of rotatable bonds is 4. The number of hydrogen-bond acceptors (Lipinski definition) is 5. The summed E-state index contributed by atoms with van der Waals surface area (Å²) in [5.74, 6) is 6.35. The molecule has 0 aliphatic rings. The number of aromatic nitrogens is 5. The second kappa shape index (κ2) is 9.80. The Morgan fingerprint density at radius 1 is 1.03 bits per heavy atom. The molecule has 0 spiro atoms. The van der Waals surface area contributed by atoms with E-state index in [1.807, 2.05) is 86.9 Å². The average molecular weight is 512 g/mol. The van der Waals surface area contributed by atoms with Crippen LogP contribution in [0.1, 0.15) is 40.1 Å². The highest BCUT2D eigenvalue weighted by atomic mass is 16.1. The summed E-state index contributed by atoms with van der Waals surface area (Å²) in [6.07, 6.45) is 5.38. The maximum absolute atomic E-state index is 13.4. The van der Waals surface area contributed by atoms with Crippen molar-refractivity contribution in [3.8, 4) is 23.0 Å². The fourth-order valence-electron chi connectivity index (χ4n) is 4.71. The van der Waals surface area contributed by atoms with Gasteiger partial charge in [-0.05, 0) is 42.8 Å². The molecule has 0 saturated heterocycles. The van der Waals surface area contributed by atoms with Crippen LogP contribution in [0.3, 0.4) is 0 Å². The summed E-state index contributed by atoms with van der Waals surface area (Å²) in [7, 11) is 1.87. The monoisotopic (exact) mass is 511 g/mol. The molecule has 39 heavy (non-hydrogen) atoms. The van der Waals surface area contributed by atoms with Crippen molar-refractivity contribution in [2.45, 2.75) is 13.0 Å². The van der Waals surface area contributed by atoms with Gasteiger partial charge in [-0.1, -0.05) is 54.3 Å². The third-order valence-electron chi connectivity index (χ3n) is 6.57. The number of fused-ring (bicyclic) bond motifs is 2. The number of pyridine rings is 2. The highest BCUT2D eigenvalue weighted by Gasteiger charge is 2.23. The zero-order valence-corrected chi connectivity index (χ0v) is 21.5. The SMILES string of the molecule is C[C@H](NC(=O)c1c(N)nn2ccccc12)c1nc2cccc(C#Cc3cnn(C)c3)c2cc1-c1ccccc1. The maximum Gasteiger partial charge on any atom is 0.257 e. The highest BCUT2D eigenvalue weighted by Crippen LogP contribution is 2.32. The largest absolute Gasteiger partial charge is 0.382 e. The second-order valence-corrected chi connectivity index (χ2v) is 9.30. The van der Waals surface area contributed by atoms with E-state index >= 15 is 0 Å². The van der Waals surface area contributed by atoms with E-state index in [4.69, 9.17) is 10.7 Å². The molecule has 0 radical (unpaired) electrons. The Morgan fingerprint density at radius 2 is 1.85 bits per heavy atom. The number of amides is 1. The Bertz CT molecular complexity index is 1910. The van der Waals surface area contributed by atoms with E-state index in [-0.39, 0.29) is 11.7 Å². The highest BCUT2D eigenvalue weighted by molar-refractivity contribution is 6.05. The fraction of sp³-hybridized carbons (Fsp3) is 0.0968. The molecule has 1 atom stereocenters. The molecule has 0 bridgehead atoms. The van der Waals surface area contributed by atoms with Crippen LogP contribution < -0.4 is 11.1 Å². The van der Waals surface area contributed by atoms with Gasteiger partial charge in [-0.25, -0.2) is 9.50 Å². The molecule has 1 amide bonds. The van der Waals surface area contributed by atoms with Crippen molar-refractivity contribution in [2.75, 3.05) is 5.73 Å². The van der Waals surface area contributed by atoms with Gasteiger partial charge in [0, 0.05) is 36.0 Å². The minimum absolute atomic E-state index is 0.178. The Balaban J connectivity index is 1.43. The van der Waals surface area contributed by atoms with Crippen LogP contribution in [-0.2, 0) is 7.05 Å². The van der Waals surface area contributed by atoms with Gasteiger partial charge in [0.2, 0.25) is 0 Å². The Hall–Kier alpha value is -5.42. The standard InChI is InChI=1S/C31H25N7O/c1-20(34-31(39)28-27-13-6-7-16-38(27)36-30(28)32)29-25(22-9-4-3-5-10-22)17-24-23(11-8-12-26(24)35-29)15-14-21-18-33-37(2)19-21/h3-13,16-20H,1-2H3,(H2,32,36)(H,34,39)/t20-/m0/s1.